The fourth-order valence-electron chi connectivity index (χ4n) is 8.47. The molecule has 3 heteroatoms. The van der Waals surface area contributed by atoms with Crippen molar-refractivity contribution in [3.8, 4) is 0 Å². The van der Waals surface area contributed by atoms with Gasteiger partial charge in [0.05, 0.1) is 6.10 Å². The van der Waals surface area contributed by atoms with E-state index in [0.717, 1.165) is 12.8 Å². The lowest BCUT2D eigenvalue weighted by atomic mass is 9.40. The second kappa shape index (κ2) is 8.52. The zero-order valence-corrected chi connectivity index (χ0v) is 19.8. The molecule has 3 rings (SSSR count). The second-order valence-electron chi connectivity index (χ2n) is 11.6. The van der Waals surface area contributed by atoms with Crippen molar-refractivity contribution in [1.29, 1.82) is 0 Å². The fraction of sp³-hybridized carbons (Fsp3) is 0.962. The first kappa shape index (κ1) is 23.1. The summed E-state index contributed by atoms with van der Waals surface area (Å²) < 4.78 is 0. The molecule has 0 heterocycles. The highest BCUT2D eigenvalue weighted by Gasteiger charge is 2.61. The van der Waals surface area contributed by atoms with Crippen LogP contribution in [0.5, 0.6) is 0 Å². The molecule has 3 saturated carbocycles. The third-order valence-corrected chi connectivity index (χ3v) is 10.8. The minimum atomic E-state index is -0.685. The first-order valence-corrected chi connectivity index (χ1v) is 12.5. The predicted octanol–water partition coefficient (Wildman–Crippen LogP) is 6.39. The summed E-state index contributed by atoms with van der Waals surface area (Å²) in [5, 5.41) is 20.8. The monoisotopic (exact) mass is 406 g/mol. The Labute approximate surface area is 179 Å². The zero-order valence-electron chi connectivity index (χ0n) is 19.8. The Bertz CT molecular complexity index is 589. The number of carbonyl (C=O) groups is 1. The van der Waals surface area contributed by atoms with E-state index in [0.29, 0.717) is 46.8 Å². The number of fused-ring (bicyclic) bond motifs is 3. The molecular weight excluding hydrogens is 360 g/mol. The lowest BCUT2D eigenvalue weighted by Crippen LogP contribution is -2.61. The summed E-state index contributed by atoms with van der Waals surface area (Å²) in [7, 11) is 0. The molecule has 0 aromatic heterocycles. The summed E-state index contributed by atoms with van der Waals surface area (Å²) in [6.45, 7) is 14.3. The van der Waals surface area contributed by atoms with Crippen LogP contribution in [0.1, 0.15) is 99.3 Å². The van der Waals surface area contributed by atoms with Crippen LogP contribution in [0.15, 0.2) is 0 Å². The molecule has 8 unspecified atom stereocenters. The molecule has 0 bridgehead atoms. The molecule has 0 amide bonds. The number of carboxylic acids is 1. The largest absolute Gasteiger partial charge is 0.481 e. The van der Waals surface area contributed by atoms with Crippen molar-refractivity contribution in [3.05, 3.63) is 0 Å². The Hall–Kier alpha value is -0.570. The number of hydrogen-bond acceptors (Lipinski definition) is 2. The van der Waals surface area contributed by atoms with Gasteiger partial charge in [-0.3, -0.25) is 4.79 Å². The summed E-state index contributed by atoms with van der Waals surface area (Å²) >= 11 is 0. The first-order chi connectivity index (χ1) is 13.6. The van der Waals surface area contributed by atoms with Crippen LogP contribution in [-0.2, 0) is 4.79 Å². The highest BCUT2D eigenvalue weighted by Crippen LogP contribution is 2.66. The molecule has 10 atom stereocenters. The molecule has 0 aliphatic heterocycles. The van der Waals surface area contributed by atoms with Gasteiger partial charge in [-0.1, -0.05) is 60.8 Å². The van der Waals surface area contributed by atoms with Crippen molar-refractivity contribution in [2.75, 3.05) is 0 Å². The predicted molar refractivity (Wildman–Crippen MR) is 119 cm³/mol. The van der Waals surface area contributed by atoms with E-state index in [1.165, 1.54) is 38.5 Å². The highest BCUT2D eigenvalue weighted by atomic mass is 16.4. The molecule has 3 aliphatic carbocycles. The number of rotatable bonds is 6. The van der Waals surface area contributed by atoms with Crippen molar-refractivity contribution < 1.29 is 15.0 Å². The van der Waals surface area contributed by atoms with Crippen LogP contribution >= 0.6 is 0 Å². The molecule has 0 aromatic carbocycles. The number of aliphatic carboxylic acids is 1. The SMILES string of the molecule is CC[C@H]1C(O)C2C(C)C(C)(C(C)[C@H](C)CCC(=O)O)CCC2C2(C)CCCCC12. The van der Waals surface area contributed by atoms with Gasteiger partial charge < -0.3 is 10.2 Å². The van der Waals surface area contributed by atoms with E-state index in [1.807, 2.05) is 0 Å². The van der Waals surface area contributed by atoms with Gasteiger partial charge >= 0.3 is 5.97 Å². The summed E-state index contributed by atoms with van der Waals surface area (Å²) in [6, 6.07) is 0. The topological polar surface area (TPSA) is 57.5 Å². The van der Waals surface area contributed by atoms with Gasteiger partial charge in [-0.2, -0.15) is 0 Å². The lowest BCUT2D eigenvalue weighted by Gasteiger charge is -2.65. The number of hydrogen-bond donors (Lipinski definition) is 2. The molecule has 0 saturated heterocycles. The van der Waals surface area contributed by atoms with Crippen LogP contribution < -0.4 is 0 Å². The third kappa shape index (κ3) is 3.79. The molecule has 3 fully saturated rings. The molecule has 0 spiro atoms. The van der Waals surface area contributed by atoms with Crippen molar-refractivity contribution in [1.82, 2.24) is 0 Å². The maximum absolute atomic E-state index is 11.6. The smallest absolute Gasteiger partial charge is 0.303 e. The van der Waals surface area contributed by atoms with E-state index < -0.39 is 5.97 Å². The molecule has 3 aliphatic rings. The van der Waals surface area contributed by atoms with Crippen LogP contribution in [-0.4, -0.2) is 22.3 Å². The third-order valence-electron chi connectivity index (χ3n) is 10.8. The van der Waals surface area contributed by atoms with Crippen molar-refractivity contribution >= 4 is 5.97 Å². The summed E-state index contributed by atoms with van der Waals surface area (Å²) in [5.74, 6) is 2.86. The standard InChI is InChI=1S/C26H46O3/c1-7-19-20-10-8-9-14-26(20,6)21-13-15-25(5,18(4)23(21)24(19)29)17(3)16(2)11-12-22(27)28/h16-21,23-24,29H,7-15H2,1-6H3,(H,27,28)/t16-,17?,18?,19-,20?,21?,23?,24?,25?,26?/m1/s1. The van der Waals surface area contributed by atoms with E-state index in [9.17, 15) is 9.90 Å². The molecule has 3 nitrogen and oxygen atoms in total. The summed E-state index contributed by atoms with van der Waals surface area (Å²) in [6.07, 6.45) is 9.76. The molecular formula is C26H46O3. The van der Waals surface area contributed by atoms with E-state index in [2.05, 4.69) is 41.5 Å². The quantitative estimate of drug-likeness (QED) is 0.537. The van der Waals surface area contributed by atoms with Gasteiger partial charge in [0.25, 0.3) is 0 Å². The van der Waals surface area contributed by atoms with Crippen LogP contribution in [0, 0.1) is 52.3 Å². The van der Waals surface area contributed by atoms with E-state index >= 15 is 0 Å². The Morgan fingerprint density at radius 1 is 1.10 bits per heavy atom. The summed E-state index contributed by atoms with van der Waals surface area (Å²) in [4.78, 5) is 11.1. The van der Waals surface area contributed by atoms with Crippen LogP contribution in [0.4, 0.5) is 0 Å². The van der Waals surface area contributed by atoms with E-state index in [-0.39, 0.29) is 17.9 Å². The average molecular weight is 407 g/mol. The molecule has 2 N–H and O–H groups in total. The Morgan fingerprint density at radius 2 is 1.79 bits per heavy atom. The maximum atomic E-state index is 11.6. The Balaban J connectivity index is 1.87. The van der Waals surface area contributed by atoms with E-state index in [4.69, 9.17) is 5.11 Å². The van der Waals surface area contributed by atoms with Gasteiger partial charge in [-0.05, 0) is 84.4 Å². The van der Waals surface area contributed by atoms with Crippen LogP contribution in [0.2, 0.25) is 0 Å². The summed E-state index contributed by atoms with van der Waals surface area (Å²) in [5.41, 5.74) is 0.576. The van der Waals surface area contributed by atoms with Gasteiger partial charge in [0.1, 0.15) is 0 Å². The van der Waals surface area contributed by atoms with Crippen LogP contribution in [0.25, 0.3) is 0 Å². The van der Waals surface area contributed by atoms with Gasteiger partial charge in [0.15, 0.2) is 0 Å². The molecule has 0 aromatic rings. The van der Waals surface area contributed by atoms with Gasteiger partial charge in [0.2, 0.25) is 0 Å². The highest BCUT2D eigenvalue weighted by molar-refractivity contribution is 5.66. The number of aliphatic hydroxyl groups is 1. The zero-order chi connectivity index (χ0) is 21.6. The van der Waals surface area contributed by atoms with Gasteiger partial charge in [-0.15, -0.1) is 0 Å². The van der Waals surface area contributed by atoms with Gasteiger partial charge in [0, 0.05) is 6.42 Å². The van der Waals surface area contributed by atoms with Crippen molar-refractivity contribution in [2.24, 2.45) is 52.3 Å². The van der Waals surface area contributed by atoms with Crippen molar-refractivity contribution in [2.45, 2.75) is 105 Å². The normalized spacial score (nSPS) is 47.0. The maximum Gasteiger partial charge on any atom is 0.303 e. The van der Waals surface area contributed by atoms with Gasteiger partial charge in [-0.25, -0.2) is 0 Å². The minimum Gasteiger partial charge on any atom is -0.481 e. The number of carboxylic acid groups (broad SMARTS) is 1. The Kier molecular flexibility index (Phi) is 6.78. The number of aliphatic hydroxyl groups excluding tert-OH is 1. The molecule has 168 valence electrons. The molecule has 0 radical (unpaired) electrons. The van der Waals surface area contributed by atoms with E-state index in [1.54, 1.807) is 0 Å². The minimum absolute atomic E-state index is 0.169. The average Bonchev–Trinajstić information content (AvgIpc) is 2.68. The second-order valence-corrected chi connectivity index (χ2v) is 11.6. The van der Waals surface area contributed by atoms with Crippen molar-refractivity contribution in [3.63, 3.8) is 0 Å². The van der Waals surface area contributed by atoms with Crippen LogP contribution in [0.3, 0.4) is 0 Å². The lowest BCUT2D eigenvalue weighted by molar-refractivity contribution is -0.200. The Morgan fingerprint density at radius 3 is 2.41 bits per heavy atom. The molecule has 29 heavy (non-hydrogen) atoms. The first-order valence-electron chi connectivity index (χ1n) is 12.5. The fourth-order valence-corrected chi connectivity index (χ4v) is 8.47.